The lowest BCUT2D eigenvalue weighted by Gasteiger charge is -1.90. The molecule has 0 saturated heterocycles. The zero-order valence-electron chi connectivity index (χ0n) is 6.06. The molecule has 0 atom stereocenters. The van der Waals surface area contributed by atoms with Gasteiger partial charge in [-0.3, -0.25) is 0 Å². The van der Waals surface area contributed by atoms with E-state index in [9.17, 15) is 4.79 Å². The largest absolute Gasteiger partial charge is 0.692 e. The third-order valence-electron chi connectivity index (χ3n) is 0.453. The molecule has 0 aliphatic rings. The van der Waals surface area contributed by atoms with Crippen molar-refractivity contribution < 1.29 is 23.9 Å². The second-order valence-corrected chi connectivity index (χ2v) is 1.71. The van der Waals surface area contributed by atoms with E-state index in [1.807, 2.05) is 0 Å². The van der Waals surface area contributed by atoms with Gasteiger partial charge in [-0.1, -0.05) is 6.58 Å². The fourth-order valence-corrected chi connectivity index (χ4v) is 0.201. The van der Waals surface area contributed by atoms with Crippen LogP contribution in [0.4, 0.5) is 0 Å². The first-order valence-corrected chi connectivity index (χ1v) is 3.85. The van der Waals surface area contributed by atoms with Crippen LogP contribution in [0.2, 0.25) is 0 Å². The molecule has 0 unspecified atom stereocenters. The first-order valence-electron chi connectivity index (χ1n) is 2.68. The Bertz CT molecular complexity index is 140. The van der Waals surface area contributed by atoms with Gasteiger partial charge in [-0.2, -0.15) is 0 Å². The van der Waals surface area contributed by atoms with E-state index in [1.165, 1.54) is 0 Å². The molecule has 6 heteroatoms. The van der Waals surface area contributed by atoms with Gasteiger partial charge in [0, 0.05) is 10.6 Å². The van der Waals surface area contributed by atoms with Gasteiger partial charge >= 0.3 is 14.2 Å². The van der Waals surface area contributed by atoms with Crippen molar-refractivity contribution >= 4 is 14.2 Å². The topological polar surface area (TPSA) is 83.8 Å². The number of carbonyl (C=O) groups is 1. The summed E-state index contributed by atoms with van der Waals surface area (Å²) >= 11 is 0. The Kier molecular flexibility index (Phi) is 10.8. The summed E-state index contributed by atoms with van der Waals surface area (Å²) in [5, 5.41) is 0. The fourth-order valence-electron chi connectivity index (χ4n) is 0.201. The Morgan fingerprint density at radius 3 is 2.18 bits per heavy atom. The minimum Gasteiger partial charge on any atom is -0.463 e. The molecule has 64 valence electrons. The molecule has 0 rings (SSSR count). The van der Waals surface area contributed by atoms with Crippen molar-refractivity contribution in [1.29, 1.82) is 0 Å². The molecule has 11 heavy (non-hydrogen) atoms. The summed E-state index contributed by atoms with van der Waals surface area (Å²) in [5.74, 6) is -0.359. The van der Waals surface area contributed by atoms with Crippen LogP contribution in [0.3, 0.4) is 0 Å². The van der Waals surface area contributed by atoms with Crippen LogP contribution in [0.5, 0.6) is 0 Å². The molecule has 0 spiro atoms. The van der Waals surface area contributed by atoms with Crippen molar-refractivity contribution in [2.75, 3.05) is 6.61 Å². The highest BCUT2D eigenvalue weighted by molar-refractivity contribution is 7.30. The predicted molar refractivity (Wildman–Crippen MR) is 38.9 cm³/mol. The van der Waals surface area contributed by atoms with Gasteiger partial charge in [0.25, 0.3) is 0 Å². The minimum atomic E-state index is -2.87. The van der Waals surface area contributed by atoms with Crippen LogP contribution in [-0.2, 0) is 14.1 Å². The number of ether oxygens (including phenoxy) is 1. The summed E-state index contributed by atoms with van der Waals surface area (Å²) in [6, 6.07) is 0. The zero-order chi connectivity index (χ0) is 9.28. The molecule has 2 N–H and O–H groups in total. The average Bonchev–Trinajstić information content (AvgIpc) is 1.87. The molecule has 0 fully saturated rings. The maximum absolute atomic E-state index is 10.1. The van der Waals surface area contributed by atoms with Crippen LogP contribution < -0.4 is 0 Å². The van der Waals surface area contributed by atoms with Crippen LogP contribution >= 0.6 is 8.25 Å². The molecule has 0 radical (unpaired) electrons. The summed E-state index contributed by atoms with van der Waals surface area (Å²) in [6.07, 6.45) is 1.14. The number of carbonyl (C=O) groups excluding carboxylic acids is 1. The van der Waals surface area contributed by atoms with Crippen molar-refractivity contribution in [3.05, 3.63) is 12.7 Å². The highest BCUT2D eigenvalue weighted by Gasteiger charge is 1.93. The smallest absolute Gasteiger partial charge is 0.463 e. The molecular weight excluding hydrogens is 171 g/mol. The Morgan fingerprint density at radius 1 is 1.73 bits per heavy atom. The molecule has 0 bridgehead atoms. The quantitative estimate of drug-likeness (QED) is 0.365. The normalized spacial score (nSPS) is 7.18. The van der Waals surface area contributed by atoms with Crippen LogP contribution in [0, 0.1) is 0 Å². The SMILES string of the molecule is C=CC(=O)OCC.O=[P+](O)O. The third kappa shape index (κ3) is 27.0. The van der Waals surface area contributed by atoms with Gasteiger partial charge in [0.2, 0.25) is 0 Å². The summed E-state index contributed by atoms with van der Waals surface area (Å²) < 4.78 is 13.1. The summed E-state index contributed by atoms with van der Waals surface area (Å²) in [5.41, 5.74) is 0. The molecule has 0 amide bonds. The highest BCUT2D eigenvalue weighted by Crippen LogP contribution is 1.98. The number of rotatable bonds is 2. The van der Waals surface area contributed by atoms with E-state index in [-0.39, 0.29) is 5.97 Å². The van der Waals surface area contributed by atoms with E-state index in [1.54, 1.807) is 6.92 Å². The maximum atomic E-state index is 10.1. The standard InChI is InChI=1S/C5H8O2.HO3P/c1-3-5(6)7-4-2;1-4(2)3/h3H,1,4H2,2H3;(H-,1,2,3)/p+1. The first kappa shape index (κ1) is 12.9. The zero-order valence-corrected chi connectivity index (χ0v) is 6.95. The lowest BCUT2D eigenvalue weighted by atomic mass is 10.6. The van der Waals surface area contributed by atoms with E-state index in [0.29, 0.717) is 6.61 Å². The summed E-state index contributed by atoms with van der Waals surface area (Å²) in [4.78, 5) is 24.3. The molecule has 0 aliphatic carbocycles. The van der Waals surface area contributed by atoms with Crippen LogP contribution in [0.15, 0.2) is 12.7 Å². The fraction of sp³-hybridized carbons (Fsp3) is 0.400. The molecular formula is C5H10O5P+. The average molecular weight is 181 g/mol. The summed E-state index contributed by atoms with van der Waals surface area (Å²) in [7, 11) is -2.87. The molecule has 0 saturated carbocycles. The Hall–Kier alpha value is -0.770. The van der Waals surface area contributed by atoms with Crippen LogP contribution in [-0.4, -0.2) is 22.4 Å². The van der Waals surface area contributed by atoms with Gasteiger partial charge in [0.1, 0.15) is 0 Å². The van der Waals surface area contributed by atoms with Crippen molar-refractivity contribution in [3.63, 3.8) is 0 Å². The highest BCUT2D eigenvalue weighted by atomic mass is 31.1. The van der Waals surface area contributed by atoms with Gasteiger partial charge < -0.3 is 4.74 Å². The van der Waals surface area contributed by atoms with Gasteiger partial charge in [0.05, 0.1) is 6.61 Å². The van der Waals surface area contributed by atoms with E-state index >= 15 is 0 Å². The van der Waals surface area contributed by atoms with Crippen molar-refractivity contribution in [3.8, 4) is 0 Å². The maximum Gasteiger partial charge on any atom is 0.692 e. The van der Waals surface area contributed by atoms with E-state index < -0.39 is 8.25 Å². The molecule has 0 heterocycles. The van der Waals surface area contributed by atoms with Gasteiger partial charge in [-0.05, 0) is 6.92 Å². The Balaban J connectivity index is 0. The number of esters is 1. The van der Waals surface area contributed by atoms with E-state index in [0.717, 1.165) is 6.08 Å². The number of hydrogen-bond acceptors (Lipinski definition) is 3. The van der Waals surface area contributed by atoms with Gasteiger partial charge in [-0.25, -0.2) is 4.79 Å². The van der Waals surface area contributed by atoms with E-state index in [4.69, 9.17) is 14.4 Å². The molecule has 5 nitrogen and oxygen atoms in total. The molecule has 0 aliphatic heterocycles. The predicted octanol–water partition coefficient (Wildman–Crippen LogP) is 0.364. The minimum absolute atomic E-state index is 0.359. The molecule has 0 aromatic rings. The van der Waals surface area contributed by atoms with Crippen molar-refractivity contribution in [1.82, 2.24) is 0 Å². The summed E-state index contributed by atoms with van der Waals surface area (Å²) in [6.45, 7) is 5.38. The van der Waals surface area contributed by atoms with Crippen LogP contribution in [0.1, 0.15) is 6.92 Å². The molecule has 0 aromatic carbocycles. The number of hydrogen-bond donors (Lipinski definition) is 2. The van der Waals surface area contributed by atoms with Crippen molar-refractivity contribution in [2.45, 2.75) is 6.92 Å². The second-order valence-electron chi connectivity index (χ2n) is 1.21. The second kappa shape index (κ2) is 9.23. The Labute approximate surface area is 65.3 Å². The monoisotopic (exact) mass is 181 g/mol. The van der Waals surface area contributed by atoms with Crippen molar-refractivity contribution in [2.24, 2.45) is 0 Å². The van der Waals surface area contributed by atoms with E-state index in [2.05, 4.69) is 11.3 Å². The third-order valence-corrected chi connectivity index (χ3v) is 0.453. The Morgan fingerprint density at radius 2 is 2.09 bits per heavy atom. The lowest BCUT2D eigenvalue weighted by molar-refractivity contribution is -0.137. The lowest BCUT2D eigenvalue weighted by Crippen LogP contribution is -1.97. The van der Waals surface area contributed by atoms with Crippen LogP contribution in [0.25, 0.3) is 0 Å². The first-order chi connectivity index (χ1) is 5.04. The molecule has 0 aromatic heterocycles. The van der Waals surface area contributed by atoms with Gasteiger partial charge in [0.15, 0.2) is 0 Å². The van der Waals surface area contributed by atoms with Gasteiger partial charge in [-0.15, -0.1) is 9.79 Å².